The van der Waals surface area contributed by atoms with E-state index in [-0.39, 0.29) is 6.04 Å². The lowest BCUT2D eigenvalue weighted by Gasteiger charge is -2.19. The topological polar surface area (TPSA) is 25.2 Å². The van der Waals surface area contributed by atoms with Gasteiger partial charge >= 0.3 is 0 Å². The number of benzene rings is 2. The molecule has 1 N–H and O–H groups in total. The maximum absolute atomic E-state index is 6.32. The molecule has 3 rings (SSSR count). The number of aryl methyl sites for hydroxylation is 1. The molecule has 1 unspecified atom stereocenters. The number of fused-ring (bicyclic) bond motifs is 1. The van der Waals surface area contributed by atoms with Crippen LogP contribution in [0.2, 0.25) is 5.02 Å². The van der Waals surface area contributed by atoms with Gasteiger partial charge in [-0.1, -0.05) is 48.9 Å². The van der Waals surface area contributed by atoms with E-state index in [9.17, 15) is 0 Å². The van der Waals surface area contributed by atoms with E-state index < -0.39 is 0 Å². The molecule has 0 radical (unpaired) electrons. The monoisotopic (exact) mass is 299 g/mol. The zero-order chi connectivity index (χ0) is 14.8. The fraction of sp³-hybridized carbons (Fsp3) is 0.222. The van der Waals surface area contributed by atoms with Gasteiger partial charge in [-0.15, -0.1) is 0 Å². The summed E-state index contributed by atoms with van der Waals surface area (Å²) in [7, 11) is 0. The highest BCUT2D eigenvalue weighted by Crippen LogP contribution is 2.33. The summed E-state index contributed by atoms with van der Waals surface area (Å²) >= 11 is 6.32. The minimum Gasteiger partial charge on any atom is -0.469 e. The lowest BCUT2D eigenvalue weighted by molar-refractivity contribution is 0.526. The Morgan fingerprint density at radius 2 is 1.90 bits per heavy atom. The maximum atomic E-state index is 6.32. The average Bonchev–Trinajstić information content (AvgIpc) is 2.92. The Morgan fingerprint density at radius 3 is 2.57 bits per heavy atom. The van der Waals surface area contributed by atoms with Crippen molar-refractivity contribution in [1.82, 2.24) is 5.32 Å². The van der Waals surface area contributed by atoms with Crippen LogP contribution in [0.5, 0.6) is 0 Å². The smallest absolute Gasteiger partial charge is 0.101 e. The molecule has 2 nitrogen and oxygen atoms in total. The highest BCUT2D eigenvalue weighted by atomic mass is 35.5. The van der Waals surface area contributed by atoms with E-state index in [1.807, 2.05) is 31.4 Å². The first-order chi connectivity index (χ1) is 10.2. The van der Waals surface area contributed by atoms with E-state index in [4.69, 9.17) is 16.0 Å². The predicted molar refractivity (Wildman–Crippen MR) is 87.9 cm³/mol. The lowest BCUT2D eigenvalue weighted by Crippen LogP contribution is -2.21. The van der Waals surface area contributed by atoms with Crippen LogP contribution in [0.3, 0.4) is 0 Å². The molecule has 1 atom stereocenters. The molecule has 0 aliphatic carbocycles. The fourth-order valence-electron chi connectivity index (χ4n) is 2.76. The van der Waals surface area contributed by atoms with Crippen LogP contribution in [0.1, 0.15) is 29.9 Å². The Morgan fingerprint density at radius 1 is 1.14 bits per heavy atom. The van der Waals surface area contributed by atoms with Gasteiger partial charge in [0.05, 0.1) is 12.3 Å². The van der Waals surface area contributed by atoms with Gasteiger partial charge in [-0.25, -0.2) is 0 Å². The summed E-state index contributed by atoms with van der Waals surface area (Å²) in [4.78, 5) is 0. The van der Waals surface area contributed by atoms with Crippen molar-refractivity contribution in [1.29, 1.82) is 0 Å². The van der Waals surface area contributed by atoms with E-state index in [0.29, 0.717) is 0 Å². The Kier molecular flexibility index (Phi) is 4.00. The summed E-state index contributed by atoms with van der Waals surface area (Å²) in [6, 6.07) is 14.5. The normalized spacial score (nSPS) is 12.7. The van der Waals surface area contributed by atoms with Gasteiger partial charge in [-0.2, -0.15) is 0 Å². The van der Waals surface area contributed by atoms with Crippen molar-refractivity contribution in [2.24, 2.45) is 0 Å². The van der Waals surface area contributed by atoms with Crippen LogP contribution in [0, 0.1) is 6.92 Å². The van der Waals surface area contributed by atoms with Gasteiger partial charge in [0.25, 0.3) is 0 Å². The molecule has 2 aromatic carbocycles. The standard InChI is InChI=1S/C18H18ClNO/c1-3-20-18(13-10-12(2)21-11-13)16-8-9-17(19)15-7-5-4-6-14(15)16/h4-11,18,20H,3H2,1-2H3. The first-order valence-electron chi connectivity index (χ1n) is 7.16. The van der Waals surface area contributed by atoms with Crippen LogP contribution >= 0.6 is 11.6 Å². The quantitative estimate of drug-likeness (QED) is 0.725. The van der Waals surface area contributed by atoms with Crippen LogP contribution < -0.4 is 5.32 Å². The van der Waals surface area contributed by atoms with Gasteiger partial charge in [-0.05, 0) is 36.6 Å². The van der Waals surface area contributed by atoms with E-state index in [2.05, 4.69) is 36.5 Å². The highest BCUT2D eigenvalue weighted by molar-refractivity contribution is 6.35. The number of nitrogens with one attached hydrogen (secondary N) is 1. The summed E-state index contributed by atoms with van der Waals surface area (Å²) in [5.74, 6) is 0.922. The summed E-state index contributed by atoms with van der Waals surface area (Å²) in [6.07, 6.45) is 1.83. The number of halogens is 1. The van der Waals surface area contributed by atoms with E-state index in [1.54, 1.807) is 0 Å². The first-order valence-corrected chi connectivity index (χ1v) is 7.54. The van der Waals surface area contributed by atoms with Crippen molar-refractivity contribution < 1.29 is 4.42 Å². The Balaban J connectivity index is 2.18. The van der Waals surface area contributed by atoms with Crippen LogP contribution in [-0.2, 0) is 0 Å². The second kappa shape index (κ2) is 5.92. The van der Waals surface area contributed by atoms with Gasteiger partial charge in [0.1, 0.15) is 5.76 Å². The van der Waals surface area contributed by atoms with Gasteiger partial charge in [-0.3, -0.25) is 0 Å². The maximum Gasteiger partial charge on any atom is 0.101 e. The van der Waals surface area contributed by atoms with Gasteiger partial charge < -0.3 is 9.73 Å². The Hall–Kier alpha value is -1.77. The molecule has 3 heteroatoms. The van der Waals surface area contributed by atoms with Gasteiger partial charge in [0.2, 0.25) is 0 Å². The largest absolute Gasteiger partial charge is 0.469 e. The first kappa shape index (κ1) is 14.2. The Bertz CT molecular complexity index is 763. The number of hydrogen-bond acceptors (Lipinski definition) is 2. The minimum absolute atomic E-state index is 0.106. The molecule has 0 amide bonds. The molecule has 108 valence electrons. The van der Waals surface area contributed by atoms with Crippen molar-refractivity contribution in [2.45, 2.75) is 19.9 Å². The molecule has 0 saturated carbocycles. The molecule has 1 aromatic heterocycles. The minimum atomic E-state index is 0.106. The zero-order valence-corrected chi connectivity index (χ0v) is 12.9. The lowest BCUT2D eigenvalue weighted by atomic mass is 9.95. The summed E-state index contributed by atoms with van der Waals surface area (Å²) in [6.45, 7) is 4.95. The van der Waals surface area contributed by atoms with Crippen molar-refractivity contribution in [2.75, 3.05) is 6.54 Å². The molecule has 21 heavy (non-hydrogen) atoms. The third-order valence-electron chi connectivity index (χ3n) is 3.71. The summed E-state index contributed by atoms with van der Waals surface area (Å²) in [5.41, 5.74) is 2.36. The predicted octanol–water partition coefficient (Wildman–Crippen LogP) is 5.09. The molecule has 0 aliphatic heterocycles. The second-order valence-electron chi connectivity index (χ2n) is 5.16. The molecule has 3 aromatic rings. The van der Waals surface area contributed by atoms with Crippen molar-refractivity contribution >= 4 is 22.4 Å². The van der Waals surface area contributed by atoms with Gasteiger partial charge in [0, 0.05) is 16.0 Å². The third-order valence-corrected chi connectivity index (χ3v) is 4.04. The van der Waals surface area contributed by atoms with Crippen molar-refractivity contribution in [3.8, 4) is 0 Å². The third kappa shape index (κ3) is 2.69. The number of furan rings is 1. The molecule has 0 fully saturated rings. The summed E-state index contributed by atoms with van der Waals surface area (Å²) < 4.78 is 5.48. The second-order valence-corrected chi connectivity index (χ2v) is 5.57. The van der Waals surface area contributed by atoms with Crippen molar-refractivity contribution in [3.05, 3.63) is 70.6 Å². The van der Waals surface area contributed by atoms with E-state index >= 15 is 0 Å². The van der Waals surface area contributed by atoms with Crippen LogP contribution in [0.25, 0.3) is 10.8 Å². The van der Waals surface area contributed by atoms with Crippen LogP contribution in [0.15, 0.2) is 53.1 Å². The van der Waals surface area contributed by atoms with Gasteiger partial charge in [0.15, 0.2) is 0 Å². The number of hydrogen-bond donors (Lipinski definition) is 1. The van der Waals surface area contributed by atoms with Crippen LogP contribution in [0.4, 0.5) is 0 Å². The Labute approximate surface area is 129 Å². The molecule has 0 saturated heterocycles. The van der Waals surface area contributed by atoms with E-state index in [1.165, 1.54) is 10.9 Å². The molecule has 1 heterocycles. The molecule has 0 spiro atoms. The van der Waals surface area contributed by atoms with Crippen LogP contribution in [-0.4, -0.2) is 6.54 Å². The van der Waals surface area contributed by atoms with Crippen molar-refractivity contribution in [3.63, 3.8) is 0 Å². The highest BCUT2D eigenvalue weighted by Gasteiger charge is 2.18. The molecular weight excluding hydrogens is 282 g/mol. The van der Waals surface area contributed by atoms with E-state index in [0.717, 1.165) is 28.3 Å². The molecule has 0 aliphatic rings. The zero-order valence-electron chi connectivity index (χ0n) is 12.2. The SMILES string of the molecule is CCNC(c1coc(C)c1)c1ccc(Cl)c2ccccc12. The molecular formula is C18H18ClNO. The fourth-order valence-corrected chi connectivity index (χ4v) is 2.99. The summed E-state index contributed by atoms with van der Waals surface area (Å²) in [5, 5.41) is 6.58. The average molecular weight is 300 g/mol. The molecule has 0 bridgehead atoms. The number of rotatable bonds is 4.